The van der Waals surface area contributed by atoms with E-state index in [-0.39, 0.29) is 12.8 Å². The highest BCUT2D eigenvalue weighted by molar-refractivity contribution is 5.75. The van der Waals surface area contributed by atoms with Crippen LogP contribution in [0.25, 0.3) is 0 Å². The average Bonchev–Trinajstić information content (AvgIpc) is 2.44. The Labute approximate surface area is 136 Å². The van der Waals surface area contributed by atoms with Gasteiger partial charge in [0.05, 0.1) is 5.41 Å². The minimum absolute atomic E-state index is 0.148. The molecule has 0 aliphatic heterocycles. The Morgan fingerprint density at radius 1 is 1.00 bits per heavy atom. The predicted octanol–water partition coefficient (Wildman–Crippen LogP) is 4.38. The molecule has 0 radical (unpaired) electrons. The van der Waals surface area contributed by atoms with E-state index < -0.39 is 54.2 Å². The molecular weight excluding hydrogens is 342 g/mol. The third kappa shape index (κ3) is 3.97. The van der Waals surface area contributed by atoms with Crippen LogP contribution in [0.4, 0.5) is 26.3 Å². The predicted molar refractivity (Wildman–Crippen MR) is 73.0 cm³/mol. The second-order valence-corrected chi connectivity index (χ2v) is 6.88. The lowest BCUT2D eigenvalue weighted by atomic mass is 9.75. The normalized spacial score (nSPS) is 23.9. The maximum atomic E-state index is 12.8. The minimum atomic E-state index is -5.82. The summed E-state index contributed by atoms with van der Waals surface area (Å²) in [4.78, 5) is 11.9. The number of esters is 1. The average molecular weight is 364 g/mol. The SMILES string of the molecule is CCC(C)(C)C(=O)OC1CCC(C(O)(C(F)(F)F)C(F)(F)F)CC1. The molecule has 1 aliphatic carbocycles. The maximum Gasteiger partial charge on any atom is 0.426 e. The molecule has 1 rings (SSSR count). The number of ether oxygens (including phenoxy) is 1. The summed E-state index contributed by atoms with van der Waals surface area (Å²) in [6.07, 6.45) is -13.2. The molecule has 0 bridgehead atoms. The second kappa shape index (κ2) is 6.72. The Morgan fingerprint density at radius 3 is 1.75 bits per heavy atom. The molecule has 24 heavy (non-hydrogen) atoms. The maximum absolute atomic E-state index is 12.8. The smallest absolute Gasteiger partial charge is 0.426 e. The van der Waals surface area contributed by atoms with Crippen LogP contribution in [-0.4, -0.2) is 35.1 Å². The van der Waals surface area contributed by atoms with Crippen LogP contribution in [0.2, 0.25) is 0 Å². The zero-order valence-electron chi connectivity index (χ0n) is 13.7. The number of halogens is 6. The van der Waals surface area contributed by atoms with Crippen LogP contribution in [0, 0.1) is 11.3 Å². The van der Waals surface area contributed by atoms with Crippen molar-refractivity contribution in [3.8, 4) is 0 Å². The van der Waals surface area contributed by atoms with E-state index in [0.29, 0.717) is 6.42 Å². The molecule has 0 aromatic heterocycles. The Bertz CT molecular complexity index is 433. The number of hydrogen-bond acceptors (Lipinski definition) is 3. The fourth-order valence-corrected chi connectivity index (χ4v) is 2.68. The van der Waals surface area contributed by atoms with E-state index in [9.17, 15) is 36.2 Å². The van der Waals surface area contributed by atoms with Crippen molar-refractivity contribution in [2.45, 2.75) is 76.9 Å². The largest absolute Gasteiger partial charge is 0.462 e. The van der Waals surface area contributed by atoms with Gasteiger partial charge in [-0.2, -0.15) is 26.3 Å². The number of carbonyl (C=O) groups excluding carboxylic acids is 1. The molecule has 1 N–H and O–H groups in total. The van der Waals surface area contributed by atoms with E-state index in [2.05, 4.69) is 0 Å². The van der Waals surface area contributed by atoms with Crippen molar-refractivity contribution in [1.29, 1.82) is 0 Å². The van der Waals surface area contributed by atoms with Gasteiger partial charge in [0.25, 0.3) is 5.60 Å². The first-order valence-corrected chi connectivity index (χ1v) is 7.73. The van der Waals surface area contributed by atoms with Crippen molar-refractivity contribution in [3.63, 3.8) is 0 Å². The summed E-state index contributed by atoms with van der Waals surface area (Å²) in [5.74, 6) is -2.54. The molecule has 1 aliphatic rings. The second-order valence-electron chi connectivity index (χ2n) is 6.88. The Hall–Kier alpha value is -0.990. The number of rotatable bonds is 4. The molecule has 0 aromatic carbocycles. The molecular formula is C15H22F6O3. The van der Waals surface area contributed by atoms with Crippen LogP contribution in [0.1, 0.15) is 52.9 Å². The summed E-state index contributed by atoms with van der Waals surface area (Å²) < 4.78 is 82.2. The lowest BCUT2D eigenvalue weighted by molar-refractivity contribution is -0.387. The molecule has 3 nitrogen and oxygen atoms in total. The van der Waals surface area contributed by atoms with Crippen LogP contribution >= 0.6 is 0 Å². The van der Waals surface area contributed by atoms with Crippen molar-refractivity contribution >= 4 is 5.97 Å². The number of alkyl halides is 6. The van der Waals surface area contributed by atoms with Gasteiger partial charge in [-0.3, -0.25) is 4.79 Å². The van der Waals surface area contributed by atoms with Crippen LogP contribution in [0.15, 0.2) is 0 Å². The molecule has 0 atom stereocenters. The van der Waals surface area contributed by atoms with E-state index in [1.165, 1.54) is 0 Å². The van der Waals surface area contributed by atoms with Crippen LogP contribution in [-0.2, 0) is 9.53 Å². The summed E-state index contributed by atoms with van der Waals surface area (Å²) >= 11 is 0. The Balaban J connectivity index is 2.79. The van der Waals surface area contributed by atoms with E-state index >= 15 is 0 Å². The summed E-state index contributed by atoms with van der Waals surface area (Å²) in [6.45, 7) is 5.06. The van der Waals surface area contributed by atoms with Gasteiger partial charge in [-0.1, -0.05) is 6.92 Å². The molecule has 1 saturated carbocycles. The summed E-state index contributed by atoms with van der Waals surface area (Å²) in [7, 11) is 0. The first-order valence-electron chi connectivity index (χ1n) is 7.73. The van der Waals surface area contributed by atoms with Gasteiger partial charge in [0.1, 0.15) is 6.10 Å². The highest BCUT2D eigenvalue weighted by atomic mass is 19.4. The van der Waals surface area contributed by atoms with Gasteiger partial charge in [0.2, 0.25) is 0 Å². The lowest BCUT2D eigenvalue weighted by Gasteiger charge is -2.42. The molecule has 0 heterocycles. The monoisotopic (exact) mass is 364 g/mol. The highest BCUT2D eigenvalue weighted by Crippen LogP contribution is 2.51. The molecule has 142 valence electrons. The van der Waals surface area contributed by atoms with E-state index in [1.54, 1.807) is 20.8 Å². The van der Waals surface area contributed by atoms with E-state index in [1.807, 2.05) is 0 Å². The topological polar surface area (TPSA) is 46.5 Å². The zero-order chi connectivity index (χ0) is 19.0. The van der Waals surface area contributed by atoms with Crippen LogP contribution < -0.4 is 0 Å². The molecule has 0 unspecified atom stereocenters. The molecule has 0 amide bonds. The first kappa shape index (κ1) is 21.1. The zero-order valence-corrected chi connectivity index (χ0v) is 13.7. The third-order valence-electron chi connectivity index (χ3n) is 4.84. The van der Waals surface area contributed by atoms with Gasteiger partial charge in [-0.15, -0.1) is 0 Å². The van der Waals surface area contributed by atoms with Gasteiger partial charge >= 0.3 is 18.3 Å². The molecule has 1 fully saturated rings. The van der Waals surface area contributed by atoms with Crippen LogP contribution in [0.5, 0.6) is 0 Å². The Morgan fingerprint density at radius 2 is 1.42 bits per heavy atom. The van der Waals surface area contributed by atoms with Crippen molar-refractivity contribution in [3.05, 3.63) is 0 Å². The number of hydrogen-bond donors (Lipinski definition) is 1. The van der Waals surface area contributed by atoms with Crippen LogP contribution in [0.3, 0.4) is 0 Å². The van der Waals surface area contributed by atoms with Crippen molar-refractivity contribution in [2.24, 2.45) is 11.3 Å². The van der Waals surface area contributed by atoms with Gasteiger partial charge in [0, 0.05) is 5.92 Å². The highest BCUT2D eigenvalue weighted by Gasteiger charge is 2.73. The Kier molecular flexibility index (Phi) is 5.90. The van der Waals surface area contributed by atoms with Crippen molar-refractivity contribution < 1.29 is 41.0 Å². The van der Waals surface area contributed by atoms with Crippen molar-refractivity contribution in [1.82, 2.24) is 0 Å². The standard InChI is InChI=1S/C15H22F6O3/c1-4-12(2,3)11(22)24-10-7-5-9(6-8-10)13(23,14(16,17)18)15(19,20)21/h9-10,23H,4-8H2,1-3H3. The molecule has 9 heteroatoms. The van der Waals surface area contributed by atoms with Gasteiger partial charge in [0.15, 0.2) is 0 Å². The van der Waals surface area contributed by atoms with Gasteiger partial charge < -0.3 is 9.84 Å². The summed E-state index contributed by atoms with van der Waals surface area (Å²) in [5, 5.41) is 9.39. The fourth-order valence-electron chi connectivity index (χ4n) is 2.68. The number of carbonyl (C=O) groups is 1. The fraction of sp³-hybridized carbons (Fsp3) is 0.933. The lowest BCUT2D eigenvalue weighted by Crippen LogP contribution is -2.62. The van der Waals surface area contributed by atoms with Gasteiger partial charge in [-0.25, -0.2) is 0 Å². The first-order chi connectivity index (χ1) is 10.7. The van der Waals surface area contributed by atoms with E-state index in [0.717, 1.165) is 0 Å². The molecule has 0 saturated heterocycles. The third-order valence-corrected chi connectivity index (χ3v) is 4.84. The quantitative estimate of drug-likeness (QED) is 0.595. The molecule has 0 spiro atoms. The number of aliphatic hydroxyl groups is 1. The summed E-state index contributed by atoms with van der Waals surface area (Å²) in [5.41, 5.74) is -5.51. The molecule has 0 aromatic rings. The van der Waals surface area contributed by atoms with Gasteiger partial charge in [-0.05, 0) is 46.0 Å². The minimum Gasteiger partial charge on any atom is -0.462 e. The summed E-state index contributed by atoms with van der Waals surface area (Å²) in [6, 6.07) is 0. The van der Waals surface area contributed by atoms with E-state index in [4.69, 9.17) is 4.74 Å². The van der Waals surface area contributed by atoms with Crippen molar-refractivity contribution in [2.75, 3.05) is 0 Å².